The summed E-state index contributed by atoms with van der Waals surface area (Å²) in [6.45, 7) is 1.77. The number of aryl methyl sites for hydroxylation is 1. The quantitative estimate of drug-likeness (QED) is 0.394. The number of hydrogen-bond acceptors (Lipinski definition) is 6. The molecule has 33 heavy (non-hydrogen) atoms. The van der Waals surface area contributed by atoms with E-state index in [0.717, 1.165) is 5.56 Å². The van der Waals surface area contributed by atoms with Gasteiger partial charge in [0.05, 0.1) is 17.8 Å². The summed E-state index contributed by atoms with van der Waals surface area (Å²) in [7, 11) is 0. The van der Waals surface area contributed by atoms with Gasteiger partial charge < -0.3 is 19.6 Å². The molecule has 4 aromatic rings. The molecule has 2 aromatic heterocycles. The highest BCUT2D eigenvalue weighted by atomic mass is 35.5. The summed E-state index contributed by atoms with van der Waals surface area (Å²) in [5, 5.41) is 9.71. The van der Waals surface area contributed by atoms with Crippen molar-refractivity contribution in [2.75, 3.05) is 0 Å². The molecule has 9 heteroatoms. The third-order valence-corrected chi connectivity index (χ3v) is 5.02. The molecule has 0 saturated carbocycles. The third-order valence-electron chi connectivity index (χ3n) is 4.70. The first-order valence-corrected chi connectivity index (χ1v) is 10.4. The van der Waals surface area contributed by atoms with Gasteiger partial charge in [-0.3, -0.25) is 9.59 Å². The molecule has 166 valence electrons. The van der Waals surface area contributed by atoms with Crippen molar-refractivity contribution in [3.63, 3.8) is 0 Å². The van der Waals surface area contributed by atoms with Crippen LogP contribution in [-0.2, 0) is 11.3 Å². The molecule has 2 N–H and O–H groups in total. The Hall–Kier alpha value is -4.17. The van der Waals surface area contributed by atoms with Crippen LogP contribution >= 0.6 is 11.6 Å². The van der Waals surface area contributed by atoms with Gasteiger partial charge in [-0.15, -0.1) is 0 Å². The van der Waals surface area contributed by atoms with E-state index in [0.29, 0.717) is 27.7 Å². The molecule has 2 amide bonds. The van der Waals surface area contributed by atoms with E-state index in [1.54, 1.807) is 42.5 Å². The molecule has 0 radical (unpaired) electrons. The highest BCUT2D eigenvalue weighted by Gasteiger charge is 2.18. The van der Waals surface area contributed by atoms with Crippen LogP contribution in [0.2, 0.25) is 5.02 Å². The van der Waals surface area contributed by atoms with Crippen molar-refractivity contribution in [2.45, 2.75) is 13.5 Å². The van der Waals surface area contributed by atoms with Gasteiger partial charge in [0, 0.05) is 17.2 Å². The van der Waals surface area contributed by atoms with E-state index in [4.69, 9.17) is 20.5 Å². The minimum atomic E-state index is -0.550. The molecule has 0 fully saturated rings. The molecular formula is C24H19ClN4O4. The summed E-state index contributed by atoms with van der Waals surface area (Å²) in [5.74, 6) is -0.0698. The molecule has 4 rings (SSSR count). The minimum absolute atomic E-state index is 0.00375. The van der Waals surface area contributed by atoms with E-state index in [9.17, 15) is 9.59 Å². The number of amides is 2. The Bertz CT molecular complexity index is 1310. The Morgan fingerprint density at radius 1 is 1.06 bits per heavy atom. The van der Waals surface area contributed by atoms with Crippen LogP contribution in [0.3, 0.4) is 0 Å². The second kappa shape index (κ2) is 9.97. The molecule has 0 aliphatic heterocycles. The Balaban J connectivity index is 1.49. The molecule has 0 unspecified atom stereocenters. The topological polar surface area (TPSA) is 110 Å². The number of aromatic nitrogens is 2. The fourth-order valence-electron chi connectivity index (χ4n) is 3.02. The summed E-state index contributed by atoms with van der Waals surface area (Å²) >= 11 is 6.17. The van der Waals surface area contributed by atoms with Gasteiger partial charge in [-0.1, -0.05) is 47.1 Å². The number of nitrogens with one attached hydrogen (secondary N) is 2. The van der Waals surface area contributed by atoms with Crippen molar-refractivity contribution >= 4 is 29.5 Å². The van der Waals surface area contributed by atoms with Crippen molar-refractivity contribution in [1.82, 2.24) is 20.8 Å². The lowest BCUT2D eigenvalue weighted by molar-refractivity contribution is -0.118. The van der Waals surface area contributed by atoms with Gasteiger partial charge in [-0.25, -0.2) is 0 Å². The van der Waals surface area contributed by atoms with Crippen LogP contribution in [-0.4, -0.2) is 22.0 Å². The van der Waals surface area contributed by atoms with E-state index in [1.165, 1.54) is 12.3 Å². The SMILES string of the molecule is Cc1ccccc1C(=O)N/C(=C\c1ccco1)C(=O)NCc1nc(-c2ccccc2Cl)no1. The molecule has 8 nitrogen and oxygen atoms in total. The number of benzene rings is 2. The van der Waals surface area contributed by atoms with E-state index in [2.05, 4.69) is 20.8 Å². The van der Waals surface area contributed by atoms with Gasteiger partial charge in [-0.05, 0) is 42.8 Å². The monoisotopic (exact) mass is 462 g/mol. The predicted molar refractivity (Wildman–Crippen MR) is 122 cm³/mol. The van der Waals surface area contributed by atoms with Crippen molar-refractivity contribution in [3.8, 4) is 11.4 Å². The third kappa shape index (κ3) is 5.36. The highest BCUT2D eigenvalue weighted by Crippen LogP contribution is 2.24. The maximum Gasteiger partial charge on any atom is 0.268 e. The molecule has 2 aromatic carbocycles. The van der Waals surface area contributed by atoms with Gasteiger partial charge >= 0.3 is 0 Å². The van der Waals surface area contributed by atoms with Gasteiger partial charge in [-0.2, -0.15) is 4.98 Å². The maximum atomic E-state index is 12.9. The number of nitrogens with zero attached hydrogens (tertiary/aromatic N) is 2. The van der Waals surface area contributed by atoms with E-state index < -0.39 is 11.8 Å². The lowest BCUT2D eigenvalue weighted by Crippen LogP contribution is -2.34. The van der Waals surface area contributed by atoms with E-state index >= 15 is 0 Å². The highest BCUT2D eigenvalue weighted by molar-refractivity contribution is 6.33. The fraction of sp³-hybridized carbons (Fsp3) is 0.0833. The standard InChI is InChI=1S/C24H19ClN4O4/c1-15-7-2-3-9-17(15)23(30)27-20(13-16-8-6-12-32-16)24(31)26-14-21-28-22(29-33-21)18-10-4-5-11-19(18)25/h2-13H,14H2,1H3,(H,26,31)(H,27,30)/b20-13-. The fourth-order valence-corrected chi connectivity index (χ4v) is 3.24. The van der Waals surface area contributed by atoms with Crippen LogP contribution < -0.4 is 10.6 Å². The summed E-state index contributed by atoms with van der Waals surface area (Å²) in [5.41, 5.74) is 1.86. The molecule has 0 bridgehead atoms. The first-order chi connectivity index (χ1) is 16.0. The van der Waals surface area contributed by atoms with Crippen LogP contribution in [0, 0.1) is 6.92 Å². The zero-order valence-corrected chi connectivity index (χ0v) is 18.3. The van der Waals surface area contributed by atoms with Gasteiger partial charge in [0.15, 0.2) is 0 Å². The number of halogens is 1. The maximum absolute atomic E-state index is 12.9. The first kappa shape index (κ1) is 22.0. The summed E-state index contributed by atoms with van der Waals surface area (Å²) in [6.07, 6.45) is 2.91. The van der Waals surface area contributed by atoms with Crippen LogP contribution in [0.1, 0.15) is 27.6 Å². The second-order valence-corrected chi connectivity index (χ2v) is 7.42. The lowest BCUT2D eigenvalue weighted by Gasteiger charge is -2.11. The number of hydrogen-bond donors (Lipinski definition) is 2. The molecular weight excluding hydrogens is 444 g/mol. The summed E-state index contributed by atoms with van der Waals surface area (Å²) in [6, 6.07) is 17.5. The second-order valence-electron chi connectivity index (χ2n) is 7.02. The normalized spacial score (nSPS) is 11.3. The molecule has 0 aliphatic carbocycles. The number of furan rings is 1. The smallest absolute Gasteiger partial charge is 0.268 e. The molecule has 0 spiro atoms. The minimum Gasteiger partial charge on any atom is -0.465 e. The van der Waals surface area contributed by atoms with Crippen molar-refractivity contribution in [1.29, 1.82) is 0 Å². The van der Waals surface area contributed by atoms with Gasteiger partial charge in [0.1, 0.15) is 11.5 Å². The number of carbonyl (C=O) groups is 2. The predicted octanol–water partition coefficient (Wildman–Crippen LogP) is 4.38. The summed E-state index contributed by atoms with van der Waals surface area (Å²) < 4.78 is 10.5. The Labute approximate surface area is 194 Å². The van der Waals surface area contributed by atoms with Gasteiger partial charge in [0.2, 0.25) is 11.7 Å². The van der Waals surface area contributed by atoms with E-state index in [-0.39, 0.29) is 18.1 Å². The molecule has 0 atom stereocenters. The first-order valence-electron chi connectivity index (χ1n) is 9.99. The lowest BCUT2D eigenvalue weighted by atomic mass is 10.1. The zero-order valence-electron chi connectivity index (χ0n) is 17.5. The van der Waals surface area contributed by atoms with Crippen LogP contribution in [0.25, 0.3) is 17.5 Å². The zero-order chi connectivity index (χ0) is 23.2. The van der Waals surface area contributed by atoms with Crippen molar-refractivity contribution < 1.29 is 18.5 Å². The summed E-state index contributed by atoms with van der Waals surface area (Å²) in [4.78, 5) is 29.9. The van der Waals surface area contributed by atoms with Crippen molar-refractivity contribution in [3.05, 3.63) is 100 Å². The van der Waals surface area contributed by atoms with Crippen LogP contribution in [0.5, 0.6) is 0 Å². The Kier molecular flexibility index (Phi) is 6.66. The van der Waals surface area contributed by atoms with Crippen LogP contribution in [0.15, 0.2) is 81.6 Å². The Morgan fingerprint density at radius 2 is 1.85 bits per heavy atom. The van der Waals surface area contributed by atoms with Crippen LogP contribution in [0.4, 0.5) is 0 Å². The van der Waals surface area contributed by atoms with Crippen molar-refractivity contribution in [2.24, 2.45) is 0 Å². The van der Waals surface area contributed by atoms with E-state index in [1.807, 2.05) is 25.1 Å². The average molecular weight is 463 g/mol. The number of rotatable bonds is 7. The Morgan fingerprint density at radius 3 is 2.61 bits per heavy atom. The largest absolute Gasteiger partial charge is 0.465 e. The molecule has 0 saturated heterocycles. The molecule has 2 heterocycles. The van der Waals surface area contributed by atoms with Gasteiger partial charge in [0.25, 0.3) is 11.8 Å². The number of carbonyl (C=O) groups excluding carboxylic acids is 2. The average Bonchev–Trinajstić information content (AvgIpc) is 3.50. The molecule has 0 aliphatic rings.